The van der Waals surface area contributed by atoms with E-state index in [0.29, 0.717) is 0 Å². The topological polar surface area (TPSA) is 20.2 Å². The lowest BCUT2D eigenvalue weighted by atomic mass is 9.99. The number of hydrogen-bond acceptors (Lipinski definition) is 1. The third-order valence-electron chi connectivity index (χ3n) is 3.26. The molecule has 92 valence electrons. The maximum absolute atomic E-state index is 7.00. The molecule has 0 bridgehead atoms. The molecule has 18 heavy (non-hydrogen) atoms. The average molecular weight is 238 g/mol. The van der Waals surface area contributed by atoms with E-state index < -0.39 is 0 Å². The van der Waals surface area contributed by atoms with Crippen molar-refractivity contribution in [1.82, 2.24) is 0 Å². The fraction of sp³-hybridized carbons (Fsp3) is 0.176. The van der Waals surface area contributed by atoms with Crippen LogP contribution in [-0.4, -0.2) is 12.2 Å². The van der Waals surface area contributed by atoms with Crippen molar-refractivity contribution < 1.29 is 5.11 Å². The van der Waals surface area contributed by atoms with Crippen molar-refractivity contribution in [1.29, 1.82) is 0 Å². The number of hydrogen-bond donors (Lipinski definition) is 1. The lowest BCUT2D eigenvalue weighted by Crippen LogP contribution is -1.83. The minimum Gasteiger partial charge on any atom is -0.400 e. The van der Waals surface area contributed by atoms with Gasteiger partial charge in [-0.05, 0) is 46.9 Å². The predicted molar refractivity (Wildman–Crippen MR) is 78.4 cm³/mol. The van der Waals surface area contributed by atoms with Crippen molar-refractivity contribution in [2.24, 2.45) is 0 Å². The minimum absolute atomic E-state index is 1.00. The molecule has 1 N–H and O–H groups in total. The van der Waals surface area contributed by atoms with Crippen LogP contribution in [0.3, 0.4) is 0 Å². The Kier molecular flexibility index (Phi) is 3.96. The van der Waals surface area contributed by atoms with Crippen LogP contribution in [-0.2, 0) is 0 Å². The Morgan fingerprint density at radius 3 is 2.33 bits per heavy atom. The number of fused-ring (bicyclic) bond motifs is 1. The molecule has 0 heterocycles. The molecule has 0 atom stereocenters. The summed E-state index contributed by atoms with van der Waals surface area (Å²) in [6.45, 7) is 2.19. The van der Waals surface area contributed by atoms with Crippen LogP contribution in [0.25, 0.3) is 16.3 Å². The summed E-state index contributed by atoms with van der Waals surface area (Å²) >= 11 is 0. The van der Waals surface area contributed by atoms with Gasteiger partial charge in [0, 0.05) is 7.11 Å². The summed E-state index contributed by atoms with van der Waals surface area (Å²) < 4.78 is 0. The van der Waals surface area contributed by atoms with Gasteiger partial charge < -0.3 is 5.11 Å². The predicted octanol–water partition coefficient (Wildman–Crippen LogP) is 4.18. The van der Waals surface area contributed by atoms with Gasteiger partial charge in [0.1, 0.15) is 0 Å². The Balaban J connectivity index is 0.000000574. The second-order valence-electron chi connectivity index (χ2n) is 4.33. The van der Waals surface area contributed by atoms with Crippen LogP contribution in [0.15, 0.2) is 60.2 Å². The SMILES string of the molecule is CC1=C(c2ccc3ccccc3c2)CC=C1.CO. The normalized spacial score (nSPS) is 13.7. The first-order valence-corrected chi connectivity index (χ1v) is 6.15. The quantitative estimate of drug-likeness (QED) is 0.790. The van der Waals surface area contributed by atoms with Gasteiger partial charge in [0.2, 0.25) is 0 Å². The zero-order valence-corrected chi connectivity index (χ0v) is 10.9. The molecule has 0 saturated heterocycles. The first-order chi connectivity index (χ1) is 8.84. The Labute approximate surface area is 108 Å². The average Bonchev–Trinajstić information content (AvgIpc) is 2.87. The molecule has 0 spiro atoms. The third-order valence-corrected chi connectivity index (χ3v) is 3.26. The first-order valence-electron chi connectivity index (χ1n) is 6.15. The van der Waals surface area contributed by atoms with Crippen LogP contribution < -0.4 is 0 Å². The van der Waals surface area contributed by atoms with Gasteiger partial charge in [-0.1, -0.05) is 48.6 Å². The Morgan fingerprint density at radius 2 is 1.67 bits per heavy atom. The number of aliphatic hydroxyl groups excluding tert-OH is 1. The molecule has 1 nitrogen and oxygen atoms in total. The van der Waals surface area contributed by atoms with Gasteiger partial charge in [-0.25, -0.2) is 0 Å². The van der Waals surface area contributed by atoms with E-state index in [1.807, 2.05) is 0 Å². The number of benzene rings is 2. The molecule has 0 unspecified atom stereocenters. The first kappa shape index (κ1) is 12.6. The molecule has 3 rings (SSSR count). The van der Waals surface area contributed by atoms with E-state index >= 15 is 0 Å². The molecule has 1 heteroatoms. The highest BCUT2D eigenvalue weighted by Crippen LogP contribution is 2.30. The fourth-order valence-corrected chi connectivity index (χ4v) is 2.34. The van der Waals surface area contributed by atoms with E-state index in [2.05, 4.69) is 61.5 Å². The van der Waals surface area contributed by atoms with Gasteiger partial charge in [-0.15, -0.1) is 0 Å². The summed E-state index contributed by atoms with van der Waals surface area (Å²) in [6, 6.07) is 15.3. The fourth-order valence-electron chi connectivity index (χ4n) is 2.34. The summed E-state index contributed by atoms with van der Waals surface area (Å²) in [5.41, 5.74) is 4.22. The minimum atomic E-state index is 1.00. The number of rotatable bonds is 1. The maximum Gasteiger partial charge on any atom is 0.0319 e. The number of aliphatic hydroxyl groups is 1. The Hall–Kier alpha value is -1.86. The molecule has 1 aliphatic carbocycles. The van der Waals surface area contributed by atoms with Crippen molar-refractivity contribution in [2.45, 2.75) is 13.3 Å². The second-order valence-corrected chi connectivity index (χ2v) is 4.33. The third kappa shape index (κ3) is 2.36. The van der Waals surface area contributed by atoms with Gasteiger partial charge in [-0.2, -0.15) is 0 Å². The van der Waals surface area contributed by atoms with Gasteiger partial charge in [-0.3, -0.25) is 0 Å². The van der Waals surface area contributed by atoms with E-state index in [-0.39, 0.29) is 0 Å². The Morgan fingerprint density at radius 1 is 0.944 bits per heavy atom. The monoisotopic (exact) mass is 238 g/mol. The van der Waals surface area contributed by atoms with E-state index in [1.165, 1.54) is 27.5 Å². The van der Waals surface area contributed by atoms with E-state index in [0.717, 1.165) is 13.5 Å². The van der Waals surface area contributed by atoms with Crippen LogP contribution in [0, 0.1) is 0 Å². The van der Waals surface area contributed by atoms with Crippen molar-refractivity contribution in [3.05, 3.63) is 65.8 Å². The van der Waals surface area contributed by atoms with Gasteiger partial charge in [0.15, 0.2) is 0 Å². The van der Waals surface area contributed by atoms with E-state index in [9.17, 15) is 0 Å². The van der Waals surface area contributed by atoms with Crippen LogP contribution in [0.5, 0.6) is 0 Å². The standard InChI is InChI=1S/C16H14.CH4O/c1-12-5-4-8-16(12)15-10-9-13-6-2-3-7-14(13)11-15;1-2/h2-7,9-11H,8H2,1H3;2H,1H3. The smallest absolute Gasteiger partial charge is 0.0319 e. The van der Waals surface area contributed by atoms with Crippen LogP contribution in [0.1, 0.15) is 18.9 Å². The Bertz CT molecular complexity index is 606. The van der Waals surface area contributed by atoms with Crippen LogP contribution in [0.4, 0.5) is 0 Å². The van der Waals surface area contributed by atoms with E-state index in [4.69, 9.17) is 5.11 Å². The lowest BCUT2D eigenvalue weighted by Gasteiger charge is -2.06. The molecule has 2 aromatic carbocycles. The summed E-state index contributed by atoms with van der Waals surface area (Å²) in [5.74, 6) is 0. The molecule has 1 aliphatic rings. The van der Waals surface area contributed by atoms with Crippen LogP contribution in [0.2, 0.25) is 0 Å². The lowest BCUT2D eigenvalue weighted by molar-refractivity contribution is 0.399. The van der Waals surface area contributed by atoms with Crippen molar-refractivity contribution >= 4 is 16.3 Å². The molecule has 0 aromatic heterocycles. The highest BCUT2D eigenvalue weighted by atomic mass is 16.2. The van der Waals surface area contributed by atoms with Crippen molar-refractivity contribution in [2.75, 3.05) is 7.11 Å². The van der Waals surface area contributed by atoms with Gasteiger partial charge >= 0.3 is 0 Å². The molecule has 0 saturated carbocycles. The second kappa shape index (κ2) is 5.65. The summed E-state index contributed by atoms with van der Waals surface area (Å²) in [7, 11) is 1.00. The highest BCUT2D eigenvalue weighted by Gasteiger charge is 2.07. The maximum atomic E-state index is 7.00. The molecular formula is C17H18O. The van der Waals surface area contributed by atoms with Gasteiger partial charge in [0.25, 0.3) is 0 Å². The molecule has 0 amide bonds. The van der Waals surface area contributed by atoms with Gasteiger partial charge in [0.05, 0.1) is 0 Å². The number of allylic oxidation sites excluding steroid dienone is 4. The molecule has 0 aliphatic heterocycles. The zero-order chi connectivity index (χ0) is 13.0. The summed E-state index contributed by atoms with van der Waals surface area (Å²) in [4.78, 5) is 0. The summed E-state index contributed by atoms with van der Waals surface area (Å²) in [6.07, 6.45) is 5.52. The van der Waals surface area contributed by atoms with E-state index in [1.54, 1.807) is 0 Å². The highest BCUT2D eigenvalue weighted by molar-refractivity contribution is 5.87. The molecule has 0 radical (unpaired) electrons. The molecule has 0 fully saturated rings. The zero-order valence-electron chi connectivity index (χ0n) is 10.9. The molecular weight excluding hydrogens is 220 g/mol. The van der Waals surface area contributed by atoms with Crippen molar-refractivity contribution in [3.63, 3.8) is 0 Å². The van der Waals surface area contributed by atoms with Crippen LogP contribution >= 0.6 is 0 Å². The summed E-state index contributed by atoms with van der Waals surface area (Å²) in [5, 5.41) is 9.64. The largest absolute Gasteiger partial charge is 0.400 e. The van der Waals surface area contributed by atoms with Crippen molar-refractivity contribution in [3.8, 4) is 0 Å². The molecule has 2 aromatic rings.